The van der Waals surface area contributed by atoms with Crippen LogP contribution in [0.4, 0.5) is 0 Å². The maximum Gasteiger partial charge on any atom is 0.0230 e. The molecule has 0 aliphatic rings. The molecule has 0 radical (unpaired) electrons. The van der Waals surface area contributed by atoms with Gasteiger partial charge in [0, 0.05) is 29.6 Å². The lowest BCUT2D eigenvalue weighted by atomic mass is 9.91. The number of hydrogen-bond acceptors (Lipinski definition) is 2. The first-order valence-corrected chi connectivity index (χ1v) is 8.05. The highest BCUT2D eigenvalue weighted by Crippen LogP contribution is 2.18. The predicted molar refractivity (Wildman–Crippen MR) is 92.0 cm³/mol. The molecule has 0 fully saturated rings. The molecule has 3 heteroatoms. The molecule has 2 nitrogen and oxygen atoms in total. The van der Waals surface area contributed by atoms with Gasteiger partial charge in [-0.3, -0.25) is 0 Å². The zero-order chi connectivity index (χ0) is 15.4. The summed E-state index contributed by atoms with van der Waals surface area (Å²) in [5, 5.41) is 3.61. The van der Waals surface area contributed by atoms with Crippen LogP contribution in [0.15, 0.2) is 28.7 Å². The first kappa shape index (κ1) is 17.7. The van der Waals surface area contributed by atoms with Gasteiger partial charge in [0.1, 0.15) is 0 Å². The van der Waals surface area contributed by atoms with Gasteiger partial charge < -0.3 is 10.2 Å². The normalized spacial score (nSPS) is 13.0. The van der Waals surface area contributed by atoms with E-state index in [1.807, 2.05) is 0 Å². The molecule has 0 amide bonds. The molecule has 20 heavy (non-hydrogen) atoms. The zero-order valence-corrected chi connectivity index (χ0v) is 15.3. The highest BCUT2D eigenvalue weighted by atomic mass is 79.9. The summed E-state index contributed by atoms with van der Waals surface area (Å²) in [7, 11) is 2.20. The molecular formula is C17H29BrN2. The van der Waals surface area contributed by atoms with E-state index >= 15 is 0 Å². The Hall–Kier alpha value is -0.380. The first-order valence-electron chi connectivity index (χ1n) is 7.25. The van der Waals surface area contributed by atoms with Crippen LogP contribution in [0.5, 0.6) is 0 Å². The summed E-state index contributed by atoms with van der Waals surface area (Å²) in [5.41, 5.74) is 1.80. The molecule has 114 valence electrons. The highest BCUT2D eigenvalue weighted by molar-refractivity contribution is 9.10. The van der Waals surface area contributed by atoms with Gasteiger partial charge in [0.05, 0.1) is 0 Å². The minimum absolute atomic E-state index is 0.182. The molecule has 0 heterocycles. The molecule has 0 spiro atoms. The Morgan fingerprint density at radius 3 is 2.10 bits per heavy atom. The molecule has 0 bridgehead atoms. The number of hydrogen-bond donors (Lipinski definition) is 1. The van der Waals surface area contributed by atoms with E-state index in [-0.39, 0.29) is 11.0 Å². The lowest BCUT2D eigenvalue weighted by molar-refractivity contribution is 0.186. The Morgan fingerprint density at radius 1 is 1.05 bits per heavy atom. The zero-order valence-electron chi connectivity index (χ0n) is 13.8. The van der Waals surface area contributed by atoms with E-state index in [9.17, 15) is 0 Å². The van der Waals surface area contributed by atoms with E-state index in [4.69, 9.17) is 0 Å². The van der Waals surface area contributed by atoms with Crippen LogP contribution < -0.4 is 5.32 Å². The fourth-order valence-electron chi connectivity index (χ4n) is 2.25. The number of benzene rings is 1. The van der Waals surface area contributed by atoms with Crippen molar-refractivity contribution >= 4 is 15.9 Å². The Kier molecular flexibility index (Phi) is 6.24. The smallest absolute Gasteiger partial charge is 0.0230 e. The van der Waals surface area contributed by atoms with E-state index in [2.05, 4.69) is 92.1 Å². The van der Waals surface area contributed by atoms with E-state index in [0.717, 1.165) is 24.1 Å². The average Bonchev–Trinajstić information content (AvgIpc) is 2.28. The van der Waals surface area contributed by atoms with Gasteiger partial charge in [-0.05, 0) is 50.9 Å². The molecule has 0 unspecified atom stereocenters. The lowest BCUT2D eigenvalue weighted by Gasteiger charge is -2.34. The molecule has 1 aromatic rings. The molecule has 1 N–H and O–H groups in total. The summed E-state index contributed by atoms with van der Waals surface area (Å²) in [6.45, 7) is 14.4. The minimum atomic E-state index is 0.182. The third-order valence-corrected chi connectivity index (χ3v) is 3.69. The minimum Gasteiger partial charge on any atom is -0.311 e. The van der Waals surface area contributed by atoms with Crippen molar-refractivity contribution < 1.29 is 0 Å². The van der Waals surface area contributed by atoms with Gasteiger partial charge in [0.25, 0.3) is 0 Å². The third-order valence-electron chi connectivity index (χ3n) is 3.16. The summed E-state index contributed by atoms with van der Waals surface area (Å²) in [5.74, 6) is 0. The number of halogens is 1. The fraction of sp³-hybridized carbons (Fsp3) is 0.647. The van der Waals surface area contributed by atoms with Crippen LogP contribution in [0.3, 0.4) is 0 Å². The van der Waals surface area contributed by atoms with Gasteiger partial charge in [-0.2, -0.15) is 0 Å². The van der Waals surface area contributed by atoms with Crippen molar-refractivity contribution in [2.75, 3.05) is 20.1 Å². The van der Waals surface area contributed by atoms with Gasteiger partial charge in [0.2, 0.25) is 0 Å². The summed E-state index contributed by atoms with van der Waals surface area (Å²) in [4.78, 5) is 2.40. The van der Waals surface area contributed by atoms with Crippen molar-refractivity contribution in [2.24, 2.45) is 5.41 Å². The SMILES string of the molecule is CN(Cc1ccc(Br)cc1)CC(C)(C)CNC(C)(C)C. The number of nitrogens with one attached hydrogen (secondary N) is 1. The molecule has 0 saturated carbocycles. The largest absolute Gasteiger partial charge is 0.311 e. The molecule has 1 aromatic carbocycles. The maximum atomic E-state index is 3.61. The van der Waals surface area contributed by atoms with Crippen LogP contribution in [-0.4, -0.2) is 30.6 Å². The van der Waals surface area contributed by atoms with Gasteiger partial charge in [0.15, 0.2) is 0 Å². The Balaban J connectivity index is 2.47. The van der Waals surface area contributed by atoms with Crippen molar-refractivity contribution in [3.05, 3.63) is 34.3 Å². The monoisotopic (exact) mass is 340 g/mol. The second-order valence-corrected chi connectivity index (χ2v) is 8.48. The van der Waals surface area contributed by atoms with Crippen molar-refractivity contribution in [1.29, 1.82) is 0 Å². The van der Waals surface area contributed by atoms with Gasteiger partial charge in [-0.15, -0.1) is 0 Å². The highest BCUT2D eigenvalue weighted by Gasteiger charge is 2.22. The summed E-state index contributed by atoms with van der Waals surface area (Å²) in [6, 6.07) is 8.58. The van der Waals surface area contributed by atoms with E-state index in [1.54, 1.807) is 0 Å². The maximum absolute atomic E-state index is 3.61. The van der Waals surface area contributed by atoms with E-state index in [1.165, 1.54) is 5.56 Å². The number of rotatable bonds is 6. The van der Waals surface area contributed by atoms with Gasteiger partial charge >= 0.3 is 0 Å². The topological polar surface area (TPSA) is 15.3 Å². The molecule has 0 aromatic heterocycles. The van der Waals surface area contributed by atoms with Crippen LogP contribution >= 0.6 is 15.9 Å². The van der Waals surface area contributed by atoms with Crippen LogP contribution in [0.25, 0.3) is 0 Å². The van der Waals surface area contributed by atoms with E-state index < -0.39 is 0 Å². The average molecular weight is 341 g/mol. The standard InChI is InChI=1S/C17H29BrN2/c1-16(2,3)19-12-17(4,5)13-20(6)11-14-7-9-15(18)10-8-14/h7-10,19H,11-13H2,1-6H3. The summed E-state index contributed by atoms with van der Waals surface area (Å²) in [6.07, 6.45) is 0. The Labute approximate surface area is 133 Å². The summed E-state index contributed by atoms with van der Waals surface area (Å²) < 4.78 is 1.14. The van der Waals surface area contributed by atoms with Crippen LogP contribution in [0.2, 0.25) is 0 Å². The fourth-order valence-corrected chi connectivity index (χ4v) is 2.51. The quantitative estimate of drug-likeness (QED) is 0.830. The second kappa shape index (κ2) is 7.06. The number of nitrogens with zero attached hydrogens (tertiary/aromatic N) is 1. The predicted octanol–water partition coefficient (Wildman–Crippen LogP) is 4.30. The first-order chi connectivity index (χ1) is 9.07. The molecule has 1 rings (SSSR count). The summed E-state index contributed by atoms with van der Waals surface area (Å²) >= 11 is 3.48. The Bertz CT molecular complexity index is 404. The van der Waals surface area contributed by atoms with Crippen LogP contribution in [0, 0.1) is 5.41 Å². The van der Waals surface area contributed by atoms with Crippen LogP contribution in [-0.2, 0) is 6.54 Å². The van der Waals surface area contributed by atoms with Crippen LogP contribution in [0.1, 0.15) is 40.2 Å². The van der Waals surface area contributed by atoms with Gasteiger partial charge in [-0.1, -0.05) is 41.9 Å². The second-order valence-electron chi connectivity index (χ2n) is 7.57. The van der Waals surface area contributed by atoms with Crippen molar-refractivity contribution in [2.45, 2.75) is 46.7 Å². The van der Waals surface area contributed by atoms with Crippen molar-refractivity contribution in [3.63, 3.8) is 0 Å². The lowest BCUT2D eigenvalue weighted by Crippen LogP contribution is -2.45. The van der Waals surface area contributed by atoms with Crippen molar-refractivity contribution in [3.8, 4) is 0 Å². The third kappa shape index (κ3) is 7.41. The molecule has 0 aliphatic heterocycles. The van der Waals surface area contributed by atoms with Gasteiger partial charge in [-0.25, -0.2) is 0 Å². The Morgan fingerprint density at radius 2 is 1.60 bits per heavy atom. The molecular weight excluding hydrogens is 312 g/mol. The molecule has 0 atom stereocenters. The molecule has 0 aliphatic carbocycles. The van der Waals surface area contributed by atoms with E-state index in [0.29, 0.717) is 0 Å². The van der Waals surface area contributed by atoms with Crippen molar-refractivity contribution in [1.82, 2.24) is 10.2 Å². The molecule has 0 saturated heterocycles.